The van der Waals surface area contributed by atoms with Gasteiger partial charge >= 0.3 is 0 Å². The van der Waals surface area contributed by atoms with E-state index in [-0.39, 0.29) is 6.10 Å². The van der Waals surface area contributed by atoms with Crippen LogP contribution in [0.15, 0.2) is 0 Å². The summed E-state index contributed by atoms with van der Waals surface area (Å²) in [6.07, 6.45) is 11.6. The lowest BCUT2D eigenvalue weighted by atomic mass is 9.83. The Morgan fingerprint density at radius 3 is 2.47 bits per heavy atom. The molecule has 0 N–H and O–H groups in total. The Hall–Kier alpha value is -0.110. The van der Waals surface area contributed by atoms with Crippen LogP contribution in [0.25, 0.3) is 0 Å². The summed E-state index contributed by atoms with van der Waals surface area (Å²) in [7, 11) is 0. The van der Waals surface area contributed by atoms with Crippen LogP contribution in [0.3, 0.4) is 0 Å². The molecule has 17 heavy (non-hydrogen) atoms. The van der Waals surface area contributed by atoms with Crippen LogP contribution in [0.1, 0.15) is 71.6 Å². The first-order chi connectivity index (χ1) is 8.26. The molecule has 0 amide bonds. The van der Waals surface area contributed by atoms with Crippen molar-refractivity contribution in [1.82, 2.24) is 0 Å². The average Bonchev–Trinajstić information content (AvgIpc) is 2.32. The van der Waals surface area contributed by atoms with Gasteiger partial charge in [0, 0.05) is 0 Å². The zero-order chi connectivity index (χ0) is 12.5. The minimum absolute atomic E-state index is 0.204. The lowest BCUT2D eigenvalue weighted by Gasteiger charge is -2.28. The Bertz CT molecular complexity index is 176. The number of rotatable bonds is 8. The summed E-state index contributed by atoms with van der Waals surface area (Å²) in [6, 6.07) is 0. The van der Waals surface area contributed by atoms with E-state index < -0.39 is 6.86 Å². The number of ether oxygens (including phenoxy) is 1. The fourth-order valence-electron chi connectivity index (χ4n) is 3.07. The maximum atomic E-state index is 12.0. The molecule has 1 rings (SSSR count). The lowest BCUT2D eigenvalue weighted by molar-refractivity contribution is -0.0292. The van der Waals surface area contributed by atoms with E-state index in [2.05, 4.69) is 13.8 Å². The number of hydrogen-bond acceptors (Lipinski definition) is 1. The predicted octanol–water partition coefficient (Wildman–Crippen LogP) is 5.10. The van der Waals surface area contributed by atoms with E-state index in [0.29, 0.717) is 0 Å². The van der Waals surface area contributed by atoms with Crippen molar-refractivity contribution >= 4 is 0 Å². The lowest BCUT2D eigenvalue weighted by Crippen LogP contribution is -2.21. The van der Waals surface area contributed by atoms with Crippen LogP contribution in [0.2, 0.25) is 0 Å². The van der Waals surface area contributed by atoms with E-state index in [1.165, 1.54) is 44.9 Å². The van der Waals surface area contributed by atoms with Crippen LogP contribution in [0.5, 0.6) is 0 Å². The largest absolute Gasteiger partial charge is 0.347 e. The molecule has 1 atom stereocenters. The average molecular weight is 244 g/mol. The molecule has 0 aromatic carbocycles. The zero-order valence-corrected chi connectivity index (χ0v) is 11.6. The van der Waals surface area contributed by atoms with Crippen molar-refractivity contribution in [2.75, 3.05) is 6.86 Å². The second-order valence-corrected chi connectivity index (χ2v) is 5.74. The third-order valence-corrected chi connectivity index (χ3v) is 4.18. The molecule has 1 aliphatic carbocycles. The third kappa shape index (κ3) is 6.40. The molecule has 0 bridgehead atoms. The Morgan fingerprint density at radius 2 is 1.88 bits per heavy atom. The van der Waals surface area contributed by atoms with Crippen molar-refractivity contribution in [2.45, 2.75) is 77.7 Å². The molecule has 0 aliphatic heterocycles. The summed E-state index contributed by atoms with van der Waals surface area (Å²) < 4.78 is 17.1. The molecule has 0 spiro atoms. The van der Waals surface area contributed by atoms with E-state index in [1.807, 2.05) is 0 Å². The van der Waals surface area contributed by atoms with Gasteiger partial charge in [0.1, 0.15) is 0 Å². The Labute approximate surface area is 106 Å². The highest BCUT2D eigenvalue weighted by Crippen LogP contribution is 2.30. The minimum atomic E-state index is -0.607. The quantitative estimate of drug-likeness (QED) is 0.577. The van der Waals surface area contributed by atoms with Crippen molar-refractivity contribution in [1.29, 1.82) is 0 Å². The van der Waals surface area contributed by atoms with Crippen molar-refractivity contribution in [3.05, 3.63) is 0 Å². The van der Waals surface area contributed by atoms with Gasteiger partial charge in [0.15, 0.2) is 6.86 Å². The van der Waals surface area contributed by atoms with E-state index in [1.54, 1.807) is 0 Å². The van der Waals surface area contributed by atoms with Gasteiger partial charge in [-0.25, -0.2) is 4.39 Å². The second-order valence-electron chi connectivity index (χ2n) is 5.74. The summed E-state index contributed by atoms with van der Waals surface area (Å²) in [5, 5.41) is 0. The first kappa shape index (κ1) is 14.9. The Morgan fingerprint density at radius 1 is 1.18 bits per heavy atom. The van der Waals surface area contributed by atoms with E-state index in [0.717, 1.165) is 24.7 Å². The summed E-state index contributed by atoms with van der Waals surface area (Å²) in [5.74, 6) is 1.77. The van der Waals surface area contributed by atoms with Gasteiger partial charge in [0.05, 0.1) is 6.10 Å². The van der Waals surface area contributed by atoms with Crippen LogP contribution < -0.4 is 0 Å². The van der Waals surface area contributed by atoms with Gasteiger partial charge < -0.3 is 4.74 Å². The maximum absolute atomic E-state index is 12.0. The molecule has 1 unspecified atom stereocenters. The third-order valence-electron chi connectivity index (χ3n) is 4.18. The summed E-state index contributed by atoms with van der Waals surface area (Å²) in [4.78, 5) is 0. The van der Waals surface area contributed by atoms with Crippen molar-refractivity contribution < 1.29 is 9.13 Å². The van der Waals surface area contributed by atoms with Gasteiger partial charge in [-0.05, 0) is 37.5 Å². The van der Waals surface area contributed by atoms with Crippen LogP contribution in [0, 0.1) is 11.8 Å². The standard InChI is InChI=1S/C15H29FO/c1-3-5-13(2)6-4-7-14-8-10-15(11-9-14)17-12-16/h13-15H,3-12H2,1-2H3. The molecule has 0 aromatic heterocycles. The molecule has 1 saturated carbocycles. The second kappa shape index (κ2) is 8.91. The van der Waals surface area contributed by atoms with Crippen LogP contribution in [-0.2, 0) is 4.74 Å². The molecule has 0 radical (unpaired) electrons. The molecule has 102 valence electrons. The summed E-state index contributed by atoms with van der Waals surface area (Å²) >= 11 is 0. The highest BCUT2D eigenvalue weighted by atomic mass is 19.1. The van der Waals surface area contributed by atoms with Crippen molar-refractivity contribution in [3.8, 4) is 0 Å². The first-order valence-electron chi connectivity index (χ1n) is 7.43. The van der Waals surface area contributed by atoms with Gasteiger partial charge in [-0.3, -0.25) is 0 Å². The molecule has 2 heteroatoms. The SMILES string of the molecule is CCCC(C)CCCC1CCC(OCF)CC1. The number of alkyl halides is 1. The number of hydrogen-bond donors (Lipinski definition) is 0. The molecule has 0 aromatic rings. The predicted molar refractivity (Wildman–Crippen MR) is 70.7 cm³/mol. The van der Waals surface area contributed by atoms with Crippen LogP contribution in [0.4, 0.5) is 4.39 Å². The molecular formula is C15H29FO. The highest BCUT2D eigenvalue weighted by molar-refractivity contribution is 4.73. The summed E-state index contributed by atoms with van der Waals surface area (Å²) in [5.41, 5.74) is 0. The normalized spacial score (nSPS) is 27.0. The van der Waals surface area contributed by atoms with Gasteiger partial charge in [-0.1, -0.05) is 46.0 Å². The van der Waals surface area contributed by atoms with Gasteiger partial charge in [0.25, 0.3) is 0 Å². The molecule has 1 fully saturated rings. The fraction of sp³-hybridized carbons (Fsp3) is 1.00. The molecule has 0 saturated heterocycles. The Balaban J connectivity index is 2.02. The molecule has 0 heterocycles. The topological polar surface area (TPSA) is 9.23 Å². The minimum Gasteiger partial charge on any atom is -0.347 e. The zero-order valence-electron chi connectivity index (χ0n) is 11.6. The Kier molecular flexibility index (Phi) is 7.83. The smallest absolute Gasteiger partial charge is 0.188 e. The fourth-order valence-corrected chi connectivity index (χ4v) is 3.07. The van der Waals surface area contributed by atoms with Crippen molar-refractivity contribution in [3.63, 3.8) is 0 Å². The van der Waals surface area contributed by atoms with Crippen LogP contribution >= 0.6 is 0 Å². The molecule has 1 nitrogen and oxygen atoms in total. The summed E-state index contributed by atoms with van der Waals surface area (Å²) in [6.45, 7) is 4.03. The number of halogens is 1. The highest BCUT2D eigenvalue weighted by Gasteiger charge is 2.21. The van der Waals surface area contributed by atoms with Crippen molar-refractivity contribution in [2.24, 2.45) is 11.8 Å². The molecular weight excluding hydrogens is 215 g/mol. The maximum Gasteiger partial charge on any atom is 0.188 e. The van der Waals surface area contributed by atoms with E-state index in [4.69, 9.17) is 4.74 Å². The first-order valence-corrected chi connectivity index (χ1v) is 7.43. The van der Waals surface area contributed by atoms with Crippen LogP contribution in [-0.4, -0.2) is 13.0 Å². The van der Waals surface area contributed by atoms with Gasteiger partial charge in [-0.2, -0.15) is 0 Å². The molecule has 1 aliphatic rings. The monoisotopic (exact) mass is 244 g/mol. The van der Waals surface area contributed by atoms with Gasteiger partial charge in [0.2, 0.25) is 0 Å². The van der Waals surface area contributed by atoms with Gasteiger partial charge in [-0.15, -0.1) is 0 Å². The van der Waals surface area contributed by atoms with E-state index >= 15 is 0 Å². The van der Waals surface area contributed by atoms with E-state index in [9.17, 15) is 4.39 Å².